The Morgan fingerprint density at radius 3 is 2.48 bits per heavy atom. The molecule has 2 rings (SSSR count). The van der Waals surface area contributed by atoms with Gasteiger partial charge in [0.25, 0.3) is 5.69 Å². The highest BCUT2D eigenvalue weighted by atomic mass is 16.6. The molecule has 0 heterocycles. The van der Waals surface area contributed by atoms with Gasteiger partial charge in [0.1, 0.15) is 0 Å². The van der Waals surface area contributed by atoms with Gasteiger partial charge in [-0.2, -0.15) is 0 Å². The second kappa shape index (κ2) is 6.37. The Morgan fingerprint density at radius 2 is 1.86 bits per heavy atom. The number of aliphatic hydroxyl groups is 1. The van der Waals surface area contributed by atoms with Gasteiger partial charge in [0, 0.05) is 24.4 Å². The van der Waals surface area contributed by atoms with Crippen LogP contribution < -0.4 is 5.32 Å². The van der Waals surface area contributed by atoms with E-state index in [0.717, 1.165) is 16.8 Å². The number of nitrogens with one attached hydrogen (secondary N) is 1. The van der Waals surface area contributed by atoms with Crippen molar-refractivity contribution < 1.29 is 10.0 Å². The summed E-state index contributed by atoms with van der Waals surface area (Å²) in [4.78, 5) is 10.1. The highest BCUT2D eigenvalue weighted by Crippen LogP contribution is 2.20. The van der Waals surface area contributed by atoms with Crippen LogP contribution in [0.4, 0.5) is 11.4 Å². The number of rotatable bonds is 5. The van der Waals surface area contributed by atoms with Crippen LogP contribution in [0.5, 0.6) is 0 Å². The molecule has 0 radical (unpaired) electrons. The molecular weight excluding hydrogens is 268 g/mol. The number of nitrogens with zero attached hydrogens (tertiary/aromatic N) is 1. The molecule has 0 aliphatic heterocycles. The molecule has 0 fully saturated rings. The third-order valence-electron chi connectivity index (χ3n) is 3.37. The first kappa shape index (κ1) is 15.0. The topological polar surface area (TPSA) is 75.4 Å². The van der Waals surface area contributed by atoms with E-state index in [9.17, 15) is 15.2 Å². The van der Waals surface area contributed by atoms with E-state index >= 15 is 0 Å². The van der Waals surface area contributed by atoms with Gasteiger partial charge in [0.15, 0.2) is 0 Å². The first-order valence-electron chi connectivity index (χ1n) is 6.71. The molecule has 1 unspecified atom stereocenters. The van der Waals surface area contributed by atoms with Crippen molar-refractivity contribution in [3.8, 4) is 0 Å². The number of hydrogen-bond donors (Lipinski definition) is 2. The summed E-state index contributed by atoms with van der Waals surface area (Å²) in [5, 5.41) is 23.9. The lowest BCUT2D eigenvalue weighted by molar-refractivity contribution is -0.384. The van der Waals surface area contributed by atoms with Gasteiger partial charge in [0.2, 0.25) is 0 Å². The predicted octanol–water partition coefficient (Wildman–Crippen LogP) is 3.36. The van der Waals surface area contributed by atoms with Crippen LogP contribution in [-0.2, 0) is 0 Å². The molecule has 1 atom stereocenters. The maximum atomic E-state index is 10.6. The highest BCUT2D eigenvalue weighted by Gasteiger charge is 2.11. The van der Waals surface area contributed by atoms with E-state index in [0.29, 0.717) is 12.1 Å². The summed E-state index contributed by atoms with van der Waals surface area (Å²) in [6.07, 6.45) is -0.717. The molecule has 21 heavy (non-hydrogen) atoms. The summed E-state index contributed by atoms with van der Waals surface area (Å²) >= 11 is 0. The number of nitro groups is 1. The smallest absolute Gasteiger partial charge is 0.269 e. The van der Waals surface area contributed by atoms with E-state index in [4.69, 9.17) is 0 Å². The summed E-state index contributed by atoms with van der Waals surface area (Å²) in [7, 11) is 0. The van der Waals surface area contributed by atoms with E-state index in [1.807, 2.05) is 32.0 Å². The van der Waals surface area contributed by atoms with E-state index in [-0.39, 0.29) is 5.69 Å². The standard InChI is InChI=1S/C16H18N2O3/c1-11-3-4-12(2)15(9-11)17-10-16(19)13-5-7-14(8-6-13)18(20)21/h3-9,16-17,19H,10H2,1-2H3. The Morgan fingerprint density at radius 1 is 1.19 bits per heavy atom. The van der Waals surface area contributed by atoms with E-state index in [1.165, 1.54) is 12.1 Å². The number of hydrogen-bond acceptors (Lipinski definition) is 4. The maximum Gasteiger partial charge on any atom is 0.269 e. The average Bonchev–Trinajstić information content (AvgIpc) is 2.48. The lowest BCUT2D eigenvalue weighted by atomic mass is 10.1. The third kappa shape index (κ3) is 3.79. The second-order valence-corrected chi connectivity index (χ2v) is 5.06. The van der Waals surface area contributed by atoms with Gasteiger partial charge < -0.3 is 10.4 Å². The second-order valence-electron chi connectivity index (χ2n) is 5.06. The lowest BCUT2D eigenvalue weighted by Gasteiger charge is -2.15. The molecular formula is C16H18N2O3. The zero-order chi connectivity index (χ0) is 15.4. The van der Waals surface area contributed by atoms with Crippen LogP contribution >= 0.6 is 0 Å². The van der Waals surface area contributed by atoms with Crippen LogP contribution in [-0.4, -0.2) is 16.6 Å². The van der Waals surface area contributed by atoms with Crippen molar-refractivity contribution >= 4 is 11.4 Å². The first-order valence-corrected chi connectivity index (χ1v) is 6.71. The number of aliphatic hydroxyl groups excluding tert-OH is 1. The van der Waals surface area contributed by atoms with Gasteiger partial charge in [-0.3, -0.25) is 10.1 Å². The normalized spacial score (nSPS) is 12.0. The number of non-ortho nitro benzene ring substituents is 1. The van der Waals surface area contributed by atoms with Crippen LogP contribution in [0, 0.1) is 24.0 Å². The molecule has 2 aromatic carbocycles. The van der Waals surface area contributed by atoms with Crippen molar-refractivity contribution in [3.63, 3.8) is 0 Å². The molecule has 0 bridgehead atoms. The molecule has 0 saturated heterocycles. The van der Waals surface area contributed by atoms with Gasteiger partial charge in [-0.1, -0.05) is 12.1 Å². The molecule has 2 N–H and O–H groups in total. The summed E-state index contributed by atoms with van der Waals surface area (Å²) < 4.78 is 0. The minimum atomic E-state index is -0.717. The number of anilines is 1. The Kier molecular flexibility index (Phi) is 4.55. The van der Waals surface area contributed by atoms with Crippen LogP contribution in [0.1, 0.15) is 22.8 Å². The molecule has 0 spiro atoms. The zero-order valence-electron chi connectivity index (χ0n) is 12.0. The molecule has 0 aromatic heterocycles. The largest absolute Gasteiger partial charge is 0.387 e. The first-order chi connectivity index (χ1) is 9.97. The summed E-state index contributed by atoms with van der Waals surface area (Å²) in [6, 6.07) is 12.0. The molecule has 0 aliphatic rings. The van der Waals surface area contributed by atoms with Gasteiger partial charge in [-0.05, 0) is 48.7 Å². The SMILES string of the molecule is Cc1ccc(C)c(NCC(O)c2ccc([N+](=O)[O-])cc2)c1. The fraction of sp³-hybridized carbons (Fsp3) is 0.250. The van der Waals surface area contributed by atoms with Crippen LogP contribution in [0.25, 0.3) is 0 Å². The fourth-order valence-electron chi connectivity index (χ4n) is 2.07. The molecule has 110 valence electrons. The molecule has 2 aromatic rings. The minimum Gasteiger partial charge on any atom is -0.387 e. The van der Waals surface area contributed by atoms with Crippen molar-refractivity contribution in [2.45, 2.75) is 20.0 Å². The van der Waals surface area contributed by atoms with Crippen LogP contribution in [0.2, 0.25) is 0 Å². The summed E-state index contributed by atoms with van der Waals surface area (Å²) in [6.45, 7) is 4.36. The Balaban J connectivity index is 2.02. The molecule has 0 amide bonds. The fourth-order valence-corrected chi connectivity index (χ4v) is 2.07. The molecule has 0 saturated carbocycles. The van der Waals surface area contributed by atoms with Gasteiger partial charge in [-0.15, -0.1) is 0 Å². The van der Waals surface area contributed by atoms with Gasteiger partial charge in [-0.25, -0.2) is 0 Å². The monoisotopic (exact) mass is 286 g/mol. The highest BCUT2D eigenvalue weighted by molar-refractivity contribution is 5.52. The molecule has 5 nitrogen and oxygen atoms in total. The van der Waals surface area contributed by atoms with Crippen molar-refractivity contribution in [3.05, 3.63) is 69.3 Å². The molecule has 5 heteroatoms. The number of benzene rings is 2. The Labute approximate surface area is 123 Å². The van der Waals surface area contributed by atoms with Gasteiger partial charge >= 0.3 is 0 Å². The van der Waals surface area contributed by atoms with Crippen LogP contribution in [0.15, 0.2) is 42.5 Å². The Bertz CT molecular complexity index is 638. The summed E-state index contributed by atoms with van der Waals surface area (Å²) in [5.41, 5.74) is 3.91. The number of nitro benzene ring substituents is 1. The third-order valence-corrected chi connectivity index (χ3v) is 3.37. The number of aryl methyl sites for hydroxylation is 2. The lowest BCUT2D eigenvalue weighted by Crippen LogP contribution is -2.12. The van der Waals surface area contributed by atoms with E-state index < -0.39 is 11.0 Å². The Hall–Kier alpha value is -2.40. The summed E-state index contributed by atoms with van der Waals surface area (Å²) in [5.74, 6) is 0. The van der Waals surface area contributed by atoms with Crippen LogP contribution in [0.3, 0.4) is 0 Å². The van der Waals surface area contributed by atoms with E-state index in [1.54, 1.807) is 12.1 Å². The van der Waals surface area contributed by atoms with Crippen molar-refractivity contribution in [1.82, 2.24) is 0 Å². The van der Waals surface area contributed by atoms with Crippen molar-refractivity contribution in [2.75, 3.05) is 11.9 Å². The molecule has 0 aliphatic carbocycles. The minimum absolute atomic E-state index is 0.0217. The van der Waals surface area contributed by atoms with E-state index in [2.05, 4.69) is 5.32 Å². The predicted molar refractivity (Wildman–Crippen MR) is 82.5 cm³/mol. The van der Waals surface area contributed by atoms with Gasteiger partial charge in [0.05, 0.1) is 11.0 Å². The van der Waals surface area contributed by atoms with Crippen molar-refractivity contribution in [2.24, 2.45) is 0 Å². The average molecular weight is 286 g/mol. The van der Waals surface area contributed by atoms with Crippen molar-refractivity contribution in [1.29, 1.82) is 0 Å². The quantitative estimate of drug-likeness (QED) is 0.653. The maximum absolute atomic E-state index is 10.6. The zero-order valence-corrected chi connectivity index (χ0v) is 12.0.